The Labute approximate surface area is 265 Å². The lowest BCUT2D eigenvalue weighted by molar-refractivity contribution is -0.129. The van der Waals surface area contributed by atoms with E-state index in [1.807, 2.05) is 54.6 Å². The number of ether oxygens (including phenoxy) is 3. The number of nitrogens with zero attached hydrogens (tertiary/aromatic N) is 4. The van der Waals surface area contributed by atoms with Crippen LogP contribution in [0.4, 0.5) is 5.69 Å². The maximum absolute atomic E-state index is 14.5. The van der Waals surface area contributed by atoms with Crippen LogP contribution in [0.2, 0.25) is 5.02 Å². The lowest BCUT2D eigenvalue weighted by Crippen LogP contribution is -2.49. The van der Waals surface area contributed by atoms with Crippen LogP contribution in [0, 0.1) is 0 Å². The average Bonchev–Trinajstić information content (AvgIpc) is 3.46. The lowest BCUT2D eigenvalue weighted by Gasteiger charge is -2.31. The number of rotatable bonds is 13. The third kappa shape index (κ3) is 7.21. The number of aliphatic imine (C=N–C) groups is 1. The van der Waals surface area contributed by atoms with Gasteiger partial charge in [-0.25, -0.2) is 4.99 Å². The van der Waals surface area contributed by atoms with Gasteiger partial charge in [0.05, 0.1) is 13.7 Å². The molecule has 0 spiro atoms. The first-order chi connectivity index (χ1) is 22.0. The van der Waals surface area contributed by atoms with Gasteiger partial charge in [0.2, 0.25) is 5.90 Å². The lowest BCUT2D eigenvalue weighted by atomic mass is 9.81. The second kappa shape index (κ2) is 14.6. The normalized spacial score (nSPS) is 17.0. The van der Waals surface area contributed by atoms with Gasteiger partial charge in [0.25, 0.3) is 5.91 Å². The summed E-state index contributed by atoms with van der Waals surface area (Å²) in [6.45, 7) is 0.580. The van der Waals surface area contributed by atoms with Crippen LogP contribution in [0.25, 0.3) is 10.4 Å². The fourth-order valence-electron chi connectivity index (χ4n) is 5.15. The third-order valence-corrected chi connectivity index (χ3v) is 7.80. The first-order valence-corrected chi connectivity index (χ1v) is 14.7. The maximum atomic E-state index is 14.5. The Balaban J connectivity index is 1.61. The van der Waals surface area contributed by atoms with Crippen molar-refractivity contribution in [2.75, 3.05) is 20.3 Å². The molecule has 0 radical (unpaired) electrons. The molecule has 0 saturated heterocycles. The highest BCUT2D eigenvalue weighted by molar-refractivity contribution is 6.31. The quantitative estimate of drug-likeness (QED) is 0.0723. The van der Waals surface area contributed by atoms with E-state index in [4.69, 9.17) is 35.9 Å². The highest BCUT2D eigenvalue weighted by Gasteiger charge is 2.53. The Bertz CT molecular complexity index is 1720. The number of amides is 1. The largest absolute Gasteiger partial charge is 0.497 e. The van der Waals surface area contributed by atoms with Gasteiger partial charge in [0.1, 0.15) is 11.5 Å². The van der Waals surface area contributed by atoms with E-state index in [2.05, 4.69) is 15.3 Å². The van der Waals surface area contributed by atoms with Crippen LogP contribution in [0.3, 0.4) is 0 Å². The van der Waals surface area contributed by atoms with E-state index in [-0.39, 0.29) is 25.5 Å². The van der Waals surface area contributed by atoms with Crippen LogP contribution in [-0.2, 0) is 22.5 Å². The van der Waals surface area contributed by atoms with Gasteiger partial charge in [-0.15, -0.1) is 0 Å². The summed E-state index contributed by atoms with van der Waals surface area (Å²) in [5.41, 5.74) is 10.8. The Morgan fingerprint density at radius 3 is 2.53 bits per heavy atom. The standard InChI is InChI=1S/C34H32ClN5O5/c1-43-28-11-6-10-24(20-28)31-34(21-25-8-3-5-13-30(25)39-40-36,33(42)37-22-26-9-2-4-12-29(26)35)38-32(45-31)23-14-16-27(17-15-23)44-19-7-18-41/h2-6,8-17,20,31,41H,7,18-19,21-22H2,1H3,(H,37,42)/t31-,34-/m1/s1. The van der Waals surface area contributed by atoms with E-state index in [9.17, 15) is 10.3 Å². The molecule has 0 saturated carbocycles. The van der Waals surface area contributed by atoms with Crippen molar-refractivity contribution in [3.63, 3.8) is 0 Å². The highest BCUT2D eigenvalue weighted by atomic mass is 35.5. The van der Waals surface area contributed by atoms with Gasteiger partial charge in [0, 0.05) is 47.2 Å². The zero-order valence-electron chi connectivity index (χ0n) is 24.6. The molecule has 45 heavy (non-hydrogen) atoms. The van der Waals surface area contributed by atoms with E-state index in [1.54, 1.807) is 49.6 Å². The number of carbonyl (C=O) groups excluding carboxylic acids is 1. The second-order valence-corrected chi connectivity index (χ2v) is 10.7. The Kier molecular flexibility index (Phi) is 10.2. The molecule has 1 amide bonds. The fourth-order valence-corrected chi connectivity index (χ4v) is 5.36. The van der Waals surface area contributed by atoms with Crippen molar-refractivity contribution in [3.05, 3.63) is 135 Å². The number of halogens is 1. The first kappa shape index (κ1) is 31.4. The number of aliphatic hydroxyl groups excluding tert-OH is 1. The minimum atomic E-state index is -1.53. The van der Waals surface area contributed by atoms with Crippen molar-refractivity contribution >= 4 is 29.1 Å². The minimum absolute atomic E-state index is 0.0395. The molecule has 4 aromatic carbocycles. The fraction of sp³-hybridized carbons (Fsp3) is 0.235. The van der Waals surface area contributed by atoms with Gasteiger partial charge in [-0.1, -0.05) is 71.3 Å². The Hall–Kier alpha value is -5.02. The minimum Gasteiger partial charge on any atom is -0.497 e. The molecule has 10 nitrogen and oxygen atoms in total. The SMILES string of the molecule is COc1cccc([C@H]2OC(c3ccc(OCCCO)cc3)=N[C@@]2(Cc2ccccc2N=[N+]=[N-])C(=O)NCc2ccccc2Cl)c1. The van der Waals surface area contributed by atoms with Gasteiger partial charge in [-0.2, -0.15) is 0 Å². The van der Waals surface area contributed by atoms with E-state index >= 15 is 0 Å². The molecular weight excluding hydrogens is 594 g/mol. The van der Waals surface area contributed by atoms with Gasteiger partial charge < -0.3 is 24.6 Å². The first-order valence-electron chi connectivity index (χ1n) is 14.4. The van der Waals surface area contributed by atoms with E-state index in [0.717, 1.165) is 5.56 Å². The zero-order chi connectivity index (χ0) is 31.6. The molecule has 11 heteroatoms. The number of nitrogens with one attached hydrogen (secondary N) is 1. The molecule has 5 rings (SSSR count). The molecule has 0 aromatic heterocycles. The van der Waals surface area contributed by atoms with Crippen molar-refractivity contribution in [3.8, 4) is 11.5 Å². The number of carbonyl (C=O) groups is 1. The summed E-state index contributed by atoms with van der Waals surface area (Å²) in [5, 5.41) is 16.5. The van der Waals surface area contributed by atoms with Crippen LogP contribution >= 0.6 is 11.6 Å². The molecule has 2 atom stereocenters. The summed E-state index contributed by atoms with van der Waals surface area (Å²) in [4.78, 5) is 22.6. The average molecular weight is 626 g/mol. The maximum Gasteiger partial charge on any atom is 0.252 e. The number of benzene rings is 4. The Morgan fingerprint density at radius 2 is 1.80 bits per heavy atom. The van der Waals surface area contributed by atoms with Crippen molar-refractivity contribution in [2.45, 2.75) is 31.0 Å². The number of hydrogen-bond donors (Lipinski definition) is 2. The number of hydrogen-bond acceptors (Lipinski definition) is 7. The summed E-state index contributed by atoms with van der Waals surface area (Å²) in [6, 6.07) is 28.9. The summed E-state index contributed by atoms with van der Waals surface area (Å²) in [6.07, 6.45) is -0.304. The topological polar surface area (TPSA) is 138 Å². The summed E-state index contributed by atoms with van der Waals surface area (Å²) >= 11 is 6.41. The second-order valence-electron chi connectivity index (χ2n) is 10.3. The molecule has 1 aliphatic heterocycles. The molecule has 1 heterocycles. The van der Waals surface area contributed by atoms with Crippen molar-refractivity contribution < 1.29 is 24.1 Å². The molecule has 0 aliphatic carbocycles. The van der Waals surface area contributed by atoms with Crippen LogP contribution < -0.4 is 14.8 Å². The predicted molar refractivity (Wildman–Crippen MR) is 172 cm³/mol. The van der Waals surface area contributed by atoms with Gasteiger partial charge in [-0.3, -0.25) is 4.79 Å². The zero-order valence-corrected chi connectivity index (χ0v) is 25.4. The molecular formula is C34H32ClN5O5. The van der Waals surface area contributed by atoms with Crippen molar-refractivity contribution in [2.24, 2.45) is 10.1 Å². The molecule has 0 fully saturated rings. The number of methoxy groups -OCH3 is 1. The third-order valence-electron chi connectivity index (χ3n) is 7.43. The van der Waals surface area contributed by atoms with Crippen LogP contribution in [0.15, 0.2) is 107 Å². The Morgan fingerprint density at radius 1 is 1.04 bits per heavy atom. The number of azide groups is 1. The molecule has 0 unspecified atom stereocenters. The van der Waals surface area contributed by atoms with E-state index < -0.39 is 17.6 Å². The molecule has 230 valence electrons. The monoisotopic (exact) mass is 625 g/mol. The smallest absolute Gasteiger partial charge is 0.252 e. The molecule has 0 bridgehead atoms. The molecule has 2 N–H and O–H groups in total. The number of aliphatic hydroxyl groups is 1. The van der Waals surface area contributed by atoms with E-state index in [1.165, 1.54) is 0 Å². The van der Waals surface area contributed by atoms with Gasteiger partial charge in [0.15, 0.2) is 11.6 Å². The summed E-state index contributed by atoms with van der Waals surface area (Å²) in [7, 11) is 1.57. The van der Waals surface area contributed by atoms with Crippen LogP contribution in [0.1, 0.15) is 34.8 Å². The molecule has 4 aromatic rings. The van der Waals surface area contributed by atoms with Crippen LogP contribution in [0.5, 0.6) is 11.5 Å². The highest BCUT2D eigenvalue weighted by Crippen LogP contribution is 2.44. The van der Waals surface area contributed by atoms with E-state index in [0.29, 0.717) is 51.9 Å². The summed E-state index contributed by atoms with van der Waals surface area (Å²) in [5.74, 6) is 1.08. The summed E-state index contributed by atoms with van der Waals surface area (Å²) < 4.78 is 17.8. The predicted octanol–water partition coefficient (Wildman–Crippen LogP) is 6.87. The van der Waals surface area contributed by atoms with Crippen molar-refractivity contribution in [1.29, 1.82) is 0 Å². The van der Waals surface area contributed by atoms with Crippen LogP contribution in [-0.4, -0.2) is 42.8 Å². The van der Waals surface area contributed by atoms with Gasteiger partial charge in [-0.05, 0) is 64.7 Å². The van der Waals surface area contributed by atoms with Gasteiger partial charge >= 0.3 is 0 Å². The molecule has 1 aliphatic rings. The van der Waals surface area contributed by atoms with Crippen molar-refractivity contribution in [1.82, 2.24) is 5.32 Å².